The minimum absolute atomic E-state index is 0.128. The Morgan fingerprint density at radius 3 is 2.40 bits per heavy atom. The van der Waals surface area contributed by atoms with Crippen molar-refractivity contribution in [2.75, 3.05) is 26.7 Å². The molecule has 1 N–H and O–H groups in total. The van der Waals surface area contributed by atoms with Gasteiger partial charge >= 0.3 is 5.97 Å². The molecule has 0 aromatic carbocycles. The fraction of sp³-hybridized carbons (Fsp3) is 0.909. The van der Waals surface area contributed by atoms with Crippen LogP contribution in [0.2, 0.25) is 0 Å². The summed E-state index contributed by atoms with van der Waals surface area (Å²) in [4.78, 5) is 12.6. The van der Waals surface area contributed by atoms with Crippen molar-refractivity contribution in [2.45, 2.75) is 39.2 Å². The topological polar surface area (TPSA) is 49.8 Å². The van der Waals surface area contributed by atoms with Crippen molar-refractivity contribution in [1.82, 2.24) is 4.90 Å². The van der Waals surface area contributed by atoms with E-state index in [0.29, 0.717) is 6.54 Å². The van der Waals surface area contributed by atoms with E-state index in [2.05, 4.69) is 4.90 Å². The summed E-state index contributed by atoms with van der Waals surface area (Å²) >= 11 is 0. The number of nitrogens with zero attached hydrogens (tertiary/aromatic N) is 1. The van der Waals surface area contributed by atoms with Crippen molar-refractivity contribution in [3.63, 3.8) is 0 Å². The molecule has 15 heavy (non-hydrogen) atoms. The molecule has 4 nitrogen and oxygen atoms in total. The first-order valence-corrected chi connectivity index (χ1v) is 5.40. The monoisotopic (exact) mass is 217 g/mol. The maximum absolute atomic E-state index is 10.4. The standard InChI is InChI=1S/C11H23NO3/c1-5-12(8-6-10(13)14)9-7-11(2,3)15-4/h5-9H2,1-4H3,(H,13,14). The zero-order valence-electron chi connectivity index (χ0n) is 10.2. The molecule has 0 saturated heterocycles. The van der Waals surface area contributed by atoms with E-state index >= 15 is 0 Å². The van der Waals surface area contributed by atoms with Crippen LogP contribution < -0.4 is 0 Å². The van der Waals surface area contributed by atoms with Gasteiger partial charge in [0.15, 0.2) is 0 Å². The molecule has 0 amide bonds. The molecule has 0 aliphatic heterocycles. The average molecular weight is 217 g/mol. The fourth-order valence-corrected chi connectivity index (χ4v) is 1.21. The lowest BCUT2D eigenvalue weighted by molar-refractivity contribution is -0.137. The van der Waals surface area contributed by atoms with Crippen LogP contribution in [-0.2, 0) is 9.53 Å². The molecule has 90 valence electrons. The van der Waals surface area contributed by atoms with Crippen LogP contribution >= 0.6 is 0 Å². The van der Waals surface area contributed by atoms with Crippen molar-refractivity contribution in [2.24, 2.45) is 0 Å². The predicted octanol–water partition coefficient (Wildman–Crippen LogP) is 1.60. The number of carboxylic acids is 1. The summed E-state index contributed by atoms with van der Waals surface area (Å²) in [5.74, 6) is -0.737. The lowest BCUT2D eigenvalue weighted by Crippen LogP contribution is -2.33. The maximum Gasteiger partial charge on any atom is 0.304 e. The molecular formula is C11H23NO3. The van der Waals surface area contributed by atoms with Crippen LogP contribution in [0.25, 0.3) is 0 Å². The molecule has 0 radical (unpaired) electrons. The van der Waals surface area contributed by atoms with Crippen molar-refractivity contribution >= 4 is 5.97 Å². The van der Waals surface area contributed by atoms with E-state index in [1.807, 2.05) is 20.8 Å². The average Bonchev–Trinajstić information content (AvgIpc) is 2.18. The predicted molar refractivity (Wildman–Crippen MR) is 60.1 cm³/mol. The smallest absolute Gasteiger partial charge is 0.304 e. The van der Waals surface area contributed by atoms with Gasteiger partial charge in [0.2, 0.25) is 0 Å². The third kappa shape index (κ3) is 7.33. The van der Waals surface area contributed by atoms with E-state index < -0.39 is 5.97 Å². The van der Waals surface area contributed by atoms with Crippen LogP contribution in [0.4, 0.5) is 0 Å². The third-order valence-electron chi connectivity index (χ3n) is 2.67. The third-order valence-corrected chi connectivity index (χ3v) is 2.67. The van der Waals surface area contributed by atoms with Gasteiger partial charge < -0.3 is 14.7 Å². The second-order valence-electron chi connectivity index (χ2n) is 4.29. The van der Waals surface area contributed by atoms with Crippen molar-refractivity contribution in [1.29, 1.82) is 0 Å². The second-order valence-corrected chi connectivity index (χ2v) is 4.29. The largest absolute Gasteiger partial charge is 0.481 e. The molecule has 0 aromatic rings. The van der Waals surface area contributed by atoms with Gasteiger partial charge in [-0.2, -0.15) is 0 Å². The second kappa shape index (κ2) is 6.80. The van der Waals surface area contributed by atoms with Gasteiger partial charge in [-0.15, -0.1) is 0 Å². The highest BCUT2D eigenvalue weighted by Gasteiger charge is 2.17. The molecule has 0 aliphatic carbocycles. The van der Waals surface area contributed by atoms with Gasteiger partial charge in [-0.3, -0.25) is 4.79 Å². The van der Waals surface area contributed by atoms with Gasteiger partial charge in [0.25, 0.3) is 0 Å². The van der Waals surface area contributed by atoms with Gasteiger partial charge in [-0.25, -0.2) is 0 Å². The zero-order valence-corrected chi connectivity index (χ0v) is 10.2. The van der Waals surface area contributed by atoms with Crippen LogP contribution in [0.15, 0.2) is 0 Å². The van der Waals surface area contributed by atoms with Crippen LogP contribution in [-0.4, -0.2) is 48.3 Å². The normalized spacial score (nSPS) is 12.1. The van der Waals surface area contributed by atoms with Crippen LogP contribution in [0.3, 0.4) is 0 Å². The summed E-state index contributed by atoms with van der Waals surface area (Å²) in [6.45, 7) is 8.50. The van der Waals surface area contributed by atoms with E-state index in [9.17, 15) is 4.79 Å². The molecular weight excluding hydrogens is 194 g/mol. The number of rotatable bonds is 8. The summed E-state index contributed by atoms with van der Waals surface area (Å²) < 4.78 is 5.32. The van der Waals surface area contributed by atoms with E-state index in [-0.39, 0.29) is 12.0 Å². The number of methoxy groups -OCH3 is 1. The summed E-state index contributed by atoms with van der Waals surface area (Å²) in [6.07, 6.45) is 1.12. The van der Waals surface area contributed by atoms with E-state index in [4.69, 9.17) is 9.84 Å². The Kier molecular flexibility index (Phi) is 6.52. The summed E-state index contributed by atoms with van der Waals surface area (Å²) in [5.41, 5.74) is -0.128. The Morgan fingerprint density at radius 2 is 2.00 bits per heavy atom. The zero-order chi connectivity index (χ0) is 11.9. The highest BCUT2D eigenvalue weighted by Crippen LogP contribution is 2.13. The first-order valence-electron chi connectivity index (χ1n) is 5.40. The van der Waals surface area contributed by atoms with Gasteiger partial charge in [0, 0.05) is 20.2 Å². The molecule has 0 atom stereocenters. The van der Waals surface area contributed by atoms with Crippen LogP contribution in [0, 0.1) is 0 Å². The Hall–Kier alpha value is -0.610. The Morgan fingerprint density at radius 1 is 1.40 bits per heavy atom. The minimum Gasteiger partial charge on any atom is -0.481 e. The molecule has 4 heteroatoms. The van der Waals surface area contributed by atoms with Crippen LogP contribution in [0.5, 0.6) is 0 Å². The summed E-state index contributed by atoms with van der Waals surface area (Å²) in [5, 5.41) is 8.58. The lowest BCUT2D eigenvalue weighted by Gasteiger charge is -2.27. The van der Waals surface area contributed by atoms with E-state index in [0.717, 1.165) is 19.5 Å². The van der Waals surface area contributed by atoms with Gasteiger partial charge in [-0.05, 0) is 26.8 Å². The number of aliphatic carboxylic acids is 1. The molecule has 0 unspecified atom stereocenters. The minimum atomic E-state index is -0.737. The van der Waals surface area contributed by atoms with Crippen LogP contribution in [0.1, 0.15) is 33.6 Å². The molecule has 0 aromatic heterocycles. The fourth-order valence-electron chi connectivity index (χ4n) is 1.21. The molecule has 0 bridgehead atoms. The molecule has 0 saturated carbocycles. The highest BCUT2D eigenvalue weighted by atomic mass is 16.5. The maximum atomic E-state index is 10.4. The number of carbonyl (C=O) groups is 1. The van der Waals surface area contributed by atoms with Gasteiger partial charge in [-0.1, -0.05) is 6.92 Å². The summed E-state index contributed by atoms with van der Waals surface area (Å²) in [6, 6.07) is 0. The molecule has 0 fully saturated rings. The SMILES string of the molecule is CCN(CCC(=O)O)CCC(C)(C)OC. The number of hydrogen-bond donors (Lipinski definition) is 1. The number of ether oxygens (including phenoxy) is 1. The van der Waals surface area contributed by atoms with Crippen molar-refractivity contribution in [3.8, 4) is 0 Å². The molecule has 0 heterocycles. The molecule has 0 aliphatic rings. The first-order chi connectivity index (χ1) is 6.91. The Balaban J connectivity index is 3.84. The Labute approximate surface area is 92.2 Å². The van der Waals surface area contributed by atoms with Gasteiger partial charge in [0.1, 0.15) is 0 Å². The number of hydrogen-bond acceptors (Lipinski definition) is 3. The van der Waals surface area contributed by atoms with Crippen molar-refractivity contribution in [3.05, 3.63) is 0 Å². The number of carboxylic acid groups (broad SMARTS) is 1. The first kappa shape index (κ1) is 14.4. The van der Waals surface area contributed by atoms with E-state index in [1.54, 1.807) is 7.11 Å². The van der Waals surface area contributed by atoms with Gasteiger partial charge in [0.05, 0.1) is 12.0 Å². The summed E-state index contributed by atoms with van der Waals surface area (Å²) in [7, 11) is 1.70. The molecule has 0 spiro atoms. The Bertz CT molecular complexity index is 192. The quantitative estimate of drug-likeness (QED) is 0.671. The van der Waals surface area contributed by atoms with E-state index in [1.165, 1.54) is 0 Å². The lowest BCUT2D eigenvalue weighted by atomic mass is 10.1. The van der Waals surface area contributed by atoms with Crippen molar-refractivity contribution < 1.29 is 14.6 Å². The molecule has 0 rings (SSSR count). The highest BCUT2D eigenvalue weighted by molar-refractivity contribution is 5.66.